The van der Waals surface area contributed by atoms with Crippen molar-refractivity contribution in [3.8, 4) is 5.75 Å². The summed E-state index contributed by atoms with van der Waals surface area (Å²) in [5.41, 5.74) is -0.0290. The zero-order chi connectivity index (χ0) is 13.2. The fraction of sp³-hybridized carbons (Fsp3) is 0.267. The standard InChI is InChI=1S/C15H15ClO2/c1-3-7-15(8-4-2)10-18-13-6-5-11(16)9-12(13)14(15)17/h3-6,9H,1-2,7-8,10H2. The number of ether oxygens (including phenoxy) is 1. The summed E-state index contributed by atoms with van der Waals surface area (Å²) in [6, 6.07) is 5.13. The van der Waals surface area contributed by atoms with Crippen LogP contribution in [0.3, 0.4) is 0 Å². The first-order valence-electron chi connectivity index (χ1n) is 5.82. The highest BCUT2D eigenvalue weighted by Gasteiger charge is 2.42. The maximum absolute atomic E-state index is 12.6. The molecule has 0 saturated heterocycles. The lowest BCUT2D eigenvalue weighted by Crippen LogP contribution is -2.40. The molecular formula is C15H15ClO2. The van der Waals surface area contributed by atoms with Crippen LogP contribution < -0.4 is 4.74 Å². The average molecular weight is 263 g/mol. The first kappa shape index (κ1) is 12.9. The van der Waals surface area contributed by atoms with Crippen LogP contribution in [-0.4, -0.2) is 12.4 Å². The third-order valence-corrected chi connectivity index (χ3v) is 3.48. The number of carbonyl (C=O) groups is 1. The van der Waals surface area contributed by atoms with E-state index in [-0.39, 0.29) is 5.78 Å². The first-order chi connectivity index (χ1) is 8.63. The summed E-state index contributed by atoms with van der Waals surface area (Å²) >= 11 is 5.94. The monoisotopic (exact) mass is 262 g/mol. The second-order valence-corrected chi connectivity index (χ2v) is 4.96. The topological polar surface area (TPSA) is 26.3 Å². The Hall–Kier alpha value is -1.54. The van der Waals surface area contributed by atoms with Crippen LogP contribution in [0.1, 0.15) is 23.2 Å². The maximum atomic E-state index is 12.6. The number of carbonyl (C=O) groups excluding carboxylic acids is 1. The van der Waals surface area contributed by atoms with Crippen molar-refractivity contribution in [1.82, 2.24) is 0 Å². The molecule has 0 amide bonds. The van der Waals surface area contributed by atoms with Crippen molar-refractivity contribution in [2.24, 2.45) is 5.41 Å². The minimum Gasteiger partial charge on any atom is -0.492 e. The van der Waals surface area contributed by atoms with Gasteiger partial charge in [-0.25, -0.2) is 0 Å². The molecule has 0 bridgehead atoms. The van der Waals surface area contributed by atoms with E-state index in [9.17, 15) is 4.79 Å². The fourth-order valence-corrected chi connectivity index (χ4v) is 2.48. The van der Waals surface area contributed by atoms with Crippen molar-refractivity contribution in [2.75, 3.05) is 6.61 Å². The van der Waals surface area contributed by atoms with Crippen LogP contribution in [0.5, 0.6) is 5.75 Å². The molecule has 0 aliphatic carbocycles. The summed E-state index contributed by atoms with van der Waals surface area (Å²) in [6.07, 6.45) is 4.65. The highest BCUT2D eigenvalue weighted by Crippen LogP contribution is 2.40. The maximum Gasteiger partial charge on any atom is 0.176 e. The largest absolute Gasteiger partial charge is 0.492 e. The van der Waals surface area contributed by atoms with E-state index < -0.39 is 5.41 Å². The molecule has 0 atom stereocenters. The SMILES string of the molecule is C=CCC1(CC=C)COc2ccc(Cl)cc2C1=O. The number of Topliss-reactive ketones (excluding diaryl/α,β-unsaturated/α-hetero) is 1. The summed E-state index contributed by atoms with van der Waals surface area (Å²) in [7, 11) is 0. The Labute approximate surface area is 112 Å². The van der Waals surface area contributed by atoms with E-state index in [2.05, 4.69) is 13.2 Å². The smallest absolute Gasteiger partial charge is 0.176 e. The Morgan fingerprint density at radius 2 is 2.00 bits per heavy atom. The zero-order valence-electron chi connectivity index (χ0n) is 10.1. The molecule has 0 saturated carbocycles. The van der Waals surface area contributed by atoms with Crippen LogP contribution in [-0.2, 0) is 0 Å². The third-order valence-electron chi connectivity index (χ3n) is 3.24. The predicted octanol–water partition coefficient (Wildman–Crippen LogP) is 4.05. The van der Waals surface area contributed by atoms with Crippen molar-refractivity contribution in [1.29, 1.82) is 0 Å². The van der Waals surface area contributed by atoms with Crippen LogP contribution in [0.2, 0.25) is 5.02 Å². The molecule has 0 unspecified atom stereocenters. The predicted molar refractivity (Wildman–Crippen MR) is 73.3 cm³/mol. The molecule has 0 aromatic heterocycles. The quantitative estimate of drug-likeness (QED) is 0.765. The van der Waals surface area contributed by atoms with Crippen molar-refractivity contribution in [2.45, 2.75) is 12.8 Å². The van der Waals surface area contributed by atoms with Crippen LogP contribution in [0.25, 0.3) is 0 Å². The highest BCUT2D eigenvalue weighted by atomic mass is 35.5. The molecule has 18 heavy (non-hydrogen) atoms. The van der Waals surface area contributed by atoms with Crippen LogP contribution in [0.4, 0.5) is 0 Å². The Kier molecular flexibility index (Phi) is 3.58. The van der Waals surface area contributed by atoms with E-state index in [1.165, 1.54) is 0 Å². The van der Waals surface area contributed by atoms with E-state index >= 15 is 0 Å². The van der Waals surface area contributed by atoms with Gasteiger partial charge in [0.25, 0.3) is 0 Å². The van der Waals surface area contributed by atoms with Crippen molar-refractivity contribution < 1.29 is 9.53 Å². The van der Waals surface area contributed by atoms with E-state index in [4.69, 9.17) is 16.3 Å². The summed E-state index contributed by atoms with van der Waals surface area (Å²) < 4.78 is 5.69. The minimum absolute atomic E-state index is 0.0612. The number of rotatable bonds is 4. The second-order valence-electron chi connectivity index (χ2n) is 4.52. The van der Waals surface area contributed by atoms with Gasteiger partial charge >= 0.3 is 0 Å². The van der Waals surface area contributed by atoms with Crippen LogP contribution in [0.15, 0.2) is 43.5 Å². The first-order valence-corrected chi connectivity index (χ1v) is 6.20. The van der Waals surface area contributed by atoms with Gasteiger partial charge in [0.1, 0.15) is 12.4 Å². The molecule has 1 aromatic rings. The van der Waals surface area contributed by atoms with Gasteiger partial charge in [0, 0.05) is 5.02 Å². The molecule has 2 rings (SSSR count). The van der Waals surface area contributed by atoms with E-state index in [1.54, 1.807) is 30.4 Å². The van der Waals surface area contributed by atoms with Gasteiger partial charge in [-0.3, -0.25) is 4.79 Å². The lowest BCUT2D eigenvalue weighted by Gasteiger charge is -2.35. The molecular weight excluding hydrogens is 248 g/mol. The molecule has 0 N–H and O–H groups in total. The number of benzene rings is 1. The Morgan fingerprint density at radius 1 is 1.33 bits per heavy atom. The lowest BCUT2D eigenvalue weighted by molar-refractivity contribution is 0.0618. The van der Waals surface area contributed by atoms with Crippen molar-refractivity contribution in [3.63, 3.8) is 0 Å². The summed E-state index contributed by atoms with van der Waals surface area (Å²) in [5.74, 6) is 0.666. The molecule has 2 nitrogen and oxygen atoms in total. The number of allylic oxidation sites excluding steroid dienone is 2. The second kappa shape index (κ2) is 4.99. The number of fused-ring (bicyclic) bond motifs is 1. The Balaban J connectivity index is 2.47. The van der Waals surface area contributed by atoms with E-state index in [1.807, 2.05) is 0 Å². The lowest BCUT2D eigenvalue weighted by atomic mass is 9.74. The minimum atomic E-state index is -0.582. The molecule has 1 aromatic carbocycles. The number of hydrogen-bond donors (Lipinski definition) is 0. The number of halogens is 1. The molecule has 3 heteroatoms. The number of ketones is 1. The average Bonchev–Trinajstić information content (AvgIpc) is 2.35. The Morgan fingerprint density at radius 3 is 2.61 bits per heavy atom. The highest BCUT2D eigenvalue weighted by molar-refractivity contribution is 6.31. The Bertz CT molecular complexity index is 495. The molecule has 0 spiro atoms. The van der Waals surface area contributed by atoms with Gasteiger partial charge in [0.15, 0.2) is 5.78 Å². The van der Waals surface area contributed by atoms with Crippen molar-refractivity contribution >= 4 is 17.4 Å². The molecule has 1 aliphatic heterocycles. The molecule has 1 heterocycles. The molecule has 1 aliphatic rings. The van der Waals surface area contributed by atoms with Gasteiger partial charge in [-0.2, -0.15) is 0 Å². The zero-order valence-corrected chi connectivity index (χ0v) is 10.9. The van der Waals surface area contributed by atoms with E-state index in [0.717, 1.165) is 0 Å². The van der Waals surface area contributed by atoms with Gasteiger partial charge in [0.05, 0.1) is 11.0 Å². The summed E-state index contributed by atoms with van der Waals surface area (Å²) in [4.78, 5) is 12.6. The van der Waals surface area contributed by atoms with Gasteiger partial charge in [-0.15, -0.1) is 13.2 Å². The van der Waals surface area contributed by atoms with Gasteiger partial charge < -0.3 is 4.74 Å². The van der Waals surface area contributed by atoms with Gasteiger partial charge in [-0.1, -0.05) is 23.8 Å². The molecule has 94 valence electrons. The number of hydrogen-bond acceptors (Lipinski definition) is 2. The summed E-state index contributed by atoms with van der Waals surface area (Å²) in [6.45, 7) is 7.80. The van der Waals surface area contributed by atoms with Gasteiger partial charge in [0.2, 0.25) is 0 Å². The van der Waals surface area contributed by atoms with E-state index in [0.29, 0.717) is 35.8 Å². The summed E-state index contributed by atoms with van der Waals surface area (Å²) in [5, 5.41) is 0.540. The van der Waals surface area contributed by atoms with Crippen molar-refractivity contribution in [3.05, 3.63) is 54.1 Å². The third kappa shape index (κ3) is 2.08. The normalized spacial score (nSPS) is 16.6. The van der Waals surface area contributed by atoms with Crippen LogP contribution >= 0.6 is 11.6 Å². The van der Waals surface area contributed by atoms with Gasteiger partial charge in [-0.05, 0) is 31.0 Å². The molecule has 0 radical (unpaired) electrons. The molecule has 0 fully saturated rings. The fourth-order valence-electron chi connectivity index (χ4n) is 2.31. The van der Waals surface area contributed by atoms with Crippen LogP contribution in [0, 0.1) is 5.41 Å².